The summed E-state index contributed by atoms with van der Waals surface area (Å²) in [6, 6.07) is 6.53. The summed E-state index contributed by atoms with van der Waals surface area (Å²) < 4.78 is 16.7. The lowest BCUT2D eigenvalue weighted by Gasteiger charge is -2.39. The minimum absolute atomic E-state index is 0.0185. The number of hydrogen-bond acceptors (Lipinski definition) is 6. The molecule has 0 saturated carbocycles. The molecule has 4 aliphatic rings. The van der Waals surface area contributed by atoms with E-state index in [4.69, 9.17) is 14.2 Å². The van der Waals surface area contributed by atoms with Gasteiger partial charge in [-0.05, 0) is 6.08 Å². The van der Waals surface area contributed by atoms with Gasteiger partial charge in [0, 0.05) is 17.2 Å². The van der Waals surface area contributed by atoms with Crippen molar-refractivity contribution in [2.75, 3.05) is 0 Å². The molecule has 0 fully saturated rings. The first-order valence-corrected chi connectivity index (χ1v) is 7.69. The van der Waals surface area contributed by atoms with Crippen molar-refractivity contribution in [2.45, 2.75) is 12.2 Å². The number of esters is 1. The predicted molar refractivity (Wildman–Crippen MR) is 83.0 cm³/mol. The zero-order valence-corrected chi connectivity index (χ0v) is 12.8. The molecular weight excluding hydrogens is 324 g/mol. The maximum absolute atomic E-state index is 13.1. The van der Waals surface area contributed by atoms with Gasteiger partial charge in [0.05, 0.1) is 11.8 Å². The molecule has 1 aromatic carbocycles. The summed E-state index contributed by atoms with van der Waals surface area (Å²) >= 11 is 0. The monoisotopic (exact) mass is 334 g/mol. The van der Waals surface area contributed by atoms with Gasteiger partial charge >= 0.3 is 11.8 Å². The molecule has 1 aliphatic carbocycles. The van der Waals surface area contributed by atoms with Gasteiger partial charge in [0.1, 0.15) is 12.0 Å². The smallest absolute Gasteiger partial charge is 0.319 e. The van der Waals surface area contributed by atoms with Crippen LogP contribution in [0, 0.1) is 0 Å². The Morgan fingerprint density at radius 2 is 1.72 bits per heavy atom. The number of ether oxygens (including phenoxy) is 3. The topological polar surface area (TPSA) is 78.9 Å². The second-order valence-corrected chi connectivity index (χ2v) is 5.93. The van der Waals surface area contributed by atoms with Gasteiger partial charge in [-0.15, -0.1) is 0 Å². The minimum atomic E-state index is -1.57. The molecule has 0 N–H and O–H groups in total. The zero-order valence-electron chi connectivity index (χ0n) is 12.8. The summed E-state index contributed by atoms with van der Waals surface area (Å²) in [6.45, 7) is 0. The second-order valence-electron chi connectivity index (χ2n) is 5.93. The Balaban J connectivity index is 1.81. The van der Waals surface area contributed by atoms with E-state index in [0.717, 1.165) is 0 Å². The van der Waals surface area contributed by atoms with Gasteiger partial charge in [-0.25, -0.2) is 0 Å². The van der Waals surface area contributed by atoms with Crippen molar-refractivity contribution in [1.82, 2.24) is 0 Å². The van der Waals surface area contributed by atoms with Crippen molar-refractivity contribution in [2.24, 2.45) is 0 Å². The Bertz CT molecular complexity index is 1010. The van der Waals surface area contributed by atoms with Gasteiger partial charge < -0.3 is 14.2 Å². The molecule has 0 saturated heterocycles. The van der Waals surface area contributed by atoms with Gasteiger partial charge in [0.15, 0.2) is 23.1 Å². The van der Waals surface area contributed by atoms with Crippen molar-refractivity contribution in [3.05, 3.63) is 82.5 Å². The van der Waals surface area contributed by atoms with Crippen molar-refractivity contribution in [1.29, 1.82) is 0 Å². The van der Waals surface area contributed by atoms with E-state index >= 15 is 0 Å². The molecule has 0 radical (unpaired) electrons. The molecule has 1 spiro atoms. The number of carbonyl (C=O) groups is 3. The Labute approximate surface area is 141 Å². The van der Waals surface area contributed by atoms with E-state index in [0.29, 0.717) is 0 Å². The van der Waals surface area contributed by atoms with E-state index in [1.807, 2.05) is 0 Å². The first kappa shape index (κ1) is 14.0. The summed E-state index contributed by atoms with van der Waals surface area (Å²) in [4.78, 5) is 38.0. The van der Waals surface area contributed by atoms with E-state index in [2.05, 4.69) is 0 Å². The summed E-state index contributed by atoms with van der Waals surface area (Å²) in [6.07, 6.45) is 6.12. The highest BCUT2D eigenvalue weighted by molar-refractivity contribution is 6.29. The molecule has 0 amide bonds. The van der Waals surface area contributed by atoms with Crippen LogP contribution < -0.4 is 0 Å². The highest BCUT2D eigenvalue weighted by Gasteiger charge is 2.54. The number of carbonyl (C=O) groups excluding carboxylic acids is 3. The van der Waals surface area contributed by atoms with Crippen LogP contribution in [-0.2, 0) is 19.0 Å². The summed E-state index contributed by atoms with van der Waals surface area (Å²) in [5.41, 5.74) is 0.614. The molecule has 0 bridgehead atoms. The first-order chi connectivity index (χ1) is 12.1. The molecule has 5 rings (SSSR count). The zero-order chi connectivity index (χ0) is 17.2. The average Bonchev–Trinajstić information content (AvgIpc) is 2.99. The molecule has 1 unspecified atom stereocenters. The Hall–Kier alpha value is -3.41. The van der Waals surface area contributed by atoms with E-state index < -0.39 is 11.8 Å². The summed E-state index contributed by atoms with van der Waals surface area (Å²) in [7, 11) is 0. The van der Waals surface area contributed by atoms with Crippen LogP contribution in [0.1, 0.15) is 27.1 Å². The summed E-state index contributed by atoms with van der Waals surface area (Å²) in [5.74, 6) is -2.67. The van der Waals surface area contributed by atoms with Gasteiger partial charge in [0.25, 0.3) is 0 Å². The third kappa shape index (κ3) is 1.71. The van der Waals surface area contributed by atoms with Crippen LogP contribution >= 0.6 is 0 Å². The van der Waals surface area contributed by atoms with E-state index in [9.17, 15) is 14.4 Å². The summed E-state index contributed by atoms with van der Waals surface area (Å²) in [5, 5.41) is 0. The van der Waals surface area contributed by atoms with Gasteiger partial charge in [-0.1, -0.05) is 30.3 Å². The molecule has 1 aromatic rings. The number of ketones is 2. The van der Waals surface area contributed by atoms with Gasteiger partial charge in [-0.2, -0.15) is 0 Å². The van der Waals surface area contributed by atoms with Crippen LogP contribution in [0.2, 0.25) is 0 Å². The molecule has 6 heteroatoms. The molecule has 122 valence electrons. The fourth-order valence-corrected chi connectivity index (χ4v) is 3.46. The van der Waals surface area contributed by atoms with Crippen LogP contribution in [0.5, 0.6) is 0 Å². The lowest BCUT2D eigenvalue weighted by atomic mass is 9.78. The predicted octanol–water partition coefficient (Wildman–Crippen LogP) is 2.35. The fraction of sp³-hybridized carbons (Fsp3) is 0.105. The van der Waals surface area contributed by atoms with Crippen molar-refractivity contribution in [3.8, 4) is 0 Å². The SMILES string of the molecule is O=C1CC2=C(O1)C1=C(C(=O)c3ccccc3C1=O)C1(C=CC=CO1)O2. The molecule has 6 nitrogen and oxygen atoms in total. The van der Waals surface area contributed by atoms with Crippen LogP contribution in [0.25, 0.3) is 0 Å². The van der Waals surface area contributed by atoms with Gasteiger partial charge in [0.2, 0.25) is 0 Å². The minimum Gasteiger partial charge on any atom is -0.452 e. The number of fused-ring (bicyclic) bond motifs is 3. The number of rotatable bonds is 0. The second kappa shape index (κ2) is 4.57. The number of allylic oxidation sites excluding steroid dienone is 3. The van der Waals surface area contributed by atoms with Crippen LogP contribution in [0.4, 0.5) is 0 Å². The molecule has 3 aliphatic heterocycles. The lowest BCUT2D eigenvalue weighted by Crippen LogP contribution is -2.45. The average molecular weight is 334 g/mol. The standard InChI is InChI=1S/C19H10O6/c20-13-9-12-18(24-13)14-15(19(25-12)7-3-4-8-23-19)17(22)11-6-2-1-5-10(11)16(14)21/h1-8H,9H2. The third-order valence-corrected chi connectivity index (χ3v) is 4.49. The lowest BCUT2D eigenvalue weighted by molar-refractivity contribution is -0.136. The van der Waals surface area contributed by atoms with E-state index in [1.54, 1.807) is 42.5 Å². The maximum atomic E-state index is 13.1. The Morgan fingerprint density at radius 3 is 2.44 bits per heavy atom. The quantitative estimate of drug-likeness (QED) is 0.678. The third-order valence-electron chi connectivity index (χ3n) is 4.49. The van der Waals surface area contributed by atoms with Crippen LogP contribution in [0.15, 0.2) is 71.4 Å². The highest BCUT2D eigenvalue weighted by Crippen LogP contribution is 2.48. The maximum Gasteiger partial charge on any atom is 0.319 e. The number of Topliss-reactive ketones (excluding diaryl/α,β-unsaturated/α-hetero) is 2. The van der Waals surface area contributed by atoms with Crippen molar-refractivity contribution >= 4 is 17.5 Å². The van der Waals surface area contributed by atoms with Crippen molar-refractivity contribution < 1.29 is 28.6 Å². The first-order valence-electron chi connectivity index (χ1n) is 7.69. The van der Waals surface area contributed by atoms with E-state index in [-0.39, 0.29) is 51.8 Å². The number of benzene rings is 1. The normalized spacial score (nSPS) is 26.2. The van der Waals surface area contributed by atoms with Crippen LogP contribution in [0.3, 0.4) is 0 Å². The molecular formula is C19H10O6. The highest BCUT2D eigenvalue weighted by atomic mass is 16.7. The number of hydrogen-bond donors (Lipinski definition) is 0. The fourth-order valence-electron chi connectivity index (χ4n) is 3.46. The molecule has 25 heavy (non-hydrogen) atoms. The molecule has 1 atom stereocenters. The Morgan fingerprint density at radius 1 is 0.960 bits per heavy atom. The van der Waals surface area contributed by atoms with Crippen LogP contribution in [-0.4, -0.2) is 23.3 Å². The molecule has 0 aromatic heterocycles. The molecule has 3 heterocycles. The van der Waals surface area contributed by atoms with Crippen molar-refractivity contribution in [3.63, 3.8) is 0 Å². The van der Waals surface area contributed by atoms with E-state index in [1.165, 1.54) is 6.26 Å². The Kier molecular flexibility index (Phi) is 2.55. The van der Waals surface area contributed by atoms with Gasteiger partial charge in [-0.3, -0.25) is 14.4 Å². The largest absolute Gasteiger partial charge is 0.452 e.